The van der Waals surface area contributed by atoms with E-state index in [0.29, 0.717) is 21.4 Å². The third-order valence-corrected chi connectivity index (χ3v) is 8.14. The molecule has 1 aromatic carbocycles. The number of nitrogens with one attached hydrogen (secondary N) is 1. The Morgan fingerprint density at radius 1 is 1.28 bits per heavy atom. The highest BCUT2D eigenvalue weighted by Gasteiger charge is 2.42. The highest BCUT2D eigenvalue weighted by Crippen LogP contribution is 2.35. The van der Waals surface area contributed by atoms with Gasteiger partial charge in [0.15, 0.2) is 15.0 Å². The van der Waals surface area contributed by atoms with Gasteiger partial charge in [0.2, 0.25) is 0 Å². The summed E-state index contributed by atoms with van der Waals surface area (Å²) in [5.41, 5.74) is 1.22. The molecule has 4 rings (SSSR count). The number of carbonyl (C=O) groups excluding carboxylic acids is 1. The number of sulfone groups is 1. The summed E-state index contributed by atoms with van der Waals surface area (Å²) in [5.74, 6) is 0.288. The van der Waals surface area contributed by atoms with Crippen molar-refractivity contribution in [3.63, 3.8) is 0 Å². The largest absolute Gasteiger partial charge is 0.339 e. The molecule has 9 heteroatoms. The average Bonchev–Trinajstić information content (AvgIpc) is 3.23. The highest BCUT2D eigenvalue weighted by molar-refractivity contribution is 8.15. The van der Waals surface area contributed by atoms with Gasteiger partial charge >= 0.3 is 0 Å². The fraction of sp³-hybridized carbons (Fsp3) is 0.500. The molecule has 1 N–H and O–H groups in total. The number of amidine groups is 1. The van der Waals surface area contributed by atoms with Crippen molar-refractivity contribution in [1.29, 1.82) is 0 Å². The Hall–Kier alpha value is -1.25. The van der Waals surface area contributed by atoms with E-state index in [4.69, 9.17) is 11.6 Å². The first kappa shape index (κ1) is 17.2. The van der Waals surface area contributed by atoms with Crippen molar-refractivity contribution in [2.75, 3.05) is 29.9 Å². The van der Waals surface area contributed by atoms with Crippen LogP contribution in [0.2, 0.25) is 5.02 Å². The van der Waals surface area contributed by atoms with Crippen molar-refractivity contribution in [3.05, 3.63) is 28.8 Å². The third-order valence-electron chi connectivity index (χ3n) is 4.67. The number of fused-ring (bicyclic) bond motifs is 1. The zero-order valence-electron chi connectivity index (χ0n) is 13.4. The Balaban J connectivity index is 1.51. The van der Waals surface area contributed by atoms with Crippen LogP contribution in [0.5, 0.6) is 0 Å². The number of rotatable bonds is 2. The summed E-state index contributed by atoms with van der Waals surface area (Å²) >= 11 is 7.69. The van der Waals surface area contributed by atoms with Crippen LogP contribution in [0, 0.1) is 0 Å². The van der Waals surface area contributed by atoms with Gasteiger partial charge in [-0.2, -0.15) is 0 Å². The molecular formula is C16H18ClN3O3S2. The van der Waals surface area contributed by atoms with Gasteiger partial charge in [-0.15, -0.1) is 0 Å². The summed E-state index contributed by atoms with van der Waals surface area (Å²) in [6, 6.07) is 5.00. The summed E-state index contributed by atoms with van der Waals surface area (Å²) in [7, 11) is -2.97. The van der Waals surface area contributed by atoms with E-state index in [1.807, 2.05) is 4.90 Å². The number of carbonyl (C=O) groups is 1. The van der Waals surface area contributed by atoms with Crippen LogP contribution in [0.15, 0.2) is 23.2 Å². The maximum absolute atomic E-state index is 12.5. The lowest BCUT2D eigenvalue weighted by atomic mass is 10.1. The van der Waals surface area contributed by atoms with Gasteiger partial charge in [0.05, 0.1) is 28.3 Å². The van der Waals surface area contributed by atoms with Gasteiger partial charge in [-0.1, -0.05) is 23.4 Å². The number of thioether (sulfide) groups is 1. The van der Waals surface area contributed by atoms with Crippen molar-refractivity contribution >= 4 is 50.0 Å². The standard InChI is InChI=1S/C16H18ClN3O3S2/c17-11-4-3-10(15(21)20-5-1-2-6-20)7-12(11)18-16-19-13-8-25(22,23)9-14(13)24-16/h3-4,7,13-14H,1-2,5-6,8-9H2,(H,18,19). The minimum Gasteiger partial charge on any atom is -0.339 e. The molecule has 2 atom stereocenters. The van der Waals surface area contributed by atoms with Crippen molar-refractivity contribution in [3.8, 4) is 0 Å². The minimum atomic E-state index is -2.97. The van der Waals surface area contributed by atoms with Crippen LogP contribution in [0.1, 0.15) is 23.2 Å². The number of halogens is 1. The molecule has 2 unspecified atom stereocenters. The molecule has 134 valence electrons. The average molecular weight is 400 g/mol. The van der Waals surface area contributed by atoms with E-state index in [1.54, 1.807) is 18.2 Å². The number of hydrogen-bond acceptors (Lipinski definition) is 6. The zero-order chi connectivity index (χ0) is 17.6. The molecule has 0 bridgehead atoms. The third kappa shape index (κ3) is 3.52. The molecule has 25 heavy (non-hydrogen) atoms. The van der Waals surface area contributed by atoms with Gasteiger partial charge in [0.25, 0.3) is 5.91 Å². The molecule has 3 aliphatic heterocycles. The van der Waals surface area contributed by atoms with E-state index in [-0.39, 0.29) is 28.7 Å². The maximum atomic E-state index is 12.5. The van der Waals surface area contributed by atoms with Crippen molar-refractivity contribution < 1.29 is 13.2 Å². The van der Waals surface area contributed by atoms with Crippen molar-refractivity contribution in [2.45, 2.75) is 24.1 Å². The van der Waals surface area contributed by atoms with Gasteiger partial charge in [-0.25, -0.2) is 8.42 Å². The number of benzene rings is 1. The summed E-state index contributed by atoms with van der Waals surface area (Å²) in [5, 5.41) is 4.31. The van der Waals surface area contributed by atoms with E-state index < -0.39 is 9.84 Å². The number of amides is 1. The van der Waals surface area contributed by atoms with Crippen LogP contribution in [-0.2, 0) is 9.84 Å². The summed E-state index contributed by atoms with van der Waals surface area (Å²) < 4.78 is 23.3. The maximum Gasteiger partial charge on any atom is 0.253 e. The Morgan fingerprint density at radius 2 is 2.04 bits per heavy atom. The molecule has 0 spiro atoms. The highest BCUT2D eigenvalue weighted by atomic mass is 35.5. The number of likely N-dealkylation sites (tertiary alicyclic amines) is 1. The first-order valence-corrected chi connectivity index (χ1v) is 11.3. The Labute approximate surface area is 155 Å². The molecule has 0 aliphatic carbocycles. The second-order valence-electron chi connectivity index (χ2n) is 6.55. The number of hydrogen-bond donors (Lipinski definition) is 1. The fourth-order valence-corrected chi connectivity index (χ4v) is 7.22. The molecule has 0 aromatic heterocycles. The second kappa shape index (κ2) is 6.48. The van der Waals surface area contributed by atoms with E-state index in [2.05, 4.69) is 10.3 Å². The number of aliphatic imine (C=N–C) groups is 1. The van der Waals surface area contributed by atoms with Crippen LogP contribution in [0.4, 0.5) is 5.69 Å². The van der Waals surface area contributed by atoms with E-state index in [9.17, 15) is 13.2 Å². The van der Waals surface area contributed by atoms with Crippen molar-refractivity contribution in [1.82, 2.24) is 4.90 Å². The normalized spacial score (nSPS) is 27.2. The summed E-state index contributed by atoms with van der Waals surface area (Å²) in [6.45, 7) is 1.59. The molecule has 0 saturated carbocycles. The van der Waals surface area contributed by atoms with Gasteiger partial charge in [0.1, 0.15) is 0 Å². The number of nitrogens with zero attached hydrogens (tertiary/aromatic N) is 2. The van der Waals surface area contributed by atoms with Gasteiger partial charge < -0.3 is 10.2 Å². The van der Waals surface area contributed by atoms with E-state index >= 15 is 0 Å². The van der Waals surface area contributed by atoms with Gasteiger partial charge in [0, 0.05) is 23.9 Å². The smallest absolute Gasteiger partial charge is 0.253 e. The zero-order valence-corrected chi connectivity index (χ0v) is 15.8. The van der Waals surface area contributed by atoms with Crippen LogP contribution in [0.3, 0.4) is 0 Å². The fourth-order valence-electron chi connectivity index (χ4n) is 3.39. The Morgan fingerprint density at radius 3 is 2.76 bits per heavy atom. The molecule has 1 amide bonds. The number of anilines is 1. The molecule has 3 aliphatic rings. The molecular weight excluding hydrogens is 382 g/mol. The van der Waals surface area contributed by atoms with Crippen LogP contribution < -0.4 is 5.32 Å². The second-order valence-corrected chi connectivity index (χ2v) is 10.3. The monoisotopic (exact) mass is 399 g/mol. The minimum absolute atomic E-state index is 0.0150. The quantitative estimate of drug-likeness (QED) is 0.825. The lowest BCUT2D eigenvalue weighted by Crippen LogP contribution is -2.27. The first-order valence-electron chi connectivity index (χ1n) is 8.22. The van der Waals surface area contributed by atoms with Crippen LogP contribution in [-0.4, -0.2) is 60.3 Å². The van der Waals surface area contributed by atoms with E-state index in [1.165, 1.54) is 11.8 Å². The molecule has 0 radical (unpaired) electrons. The predicted octanol–water partition coefficient (Wildman–Crippen LogP) is 2.26. The lowest BCUT2D eigenvalue weighted by molar-refractivity contribution is 0.0793. The Kier molecular flexibility index (Phi) is 4.45. The molecule has 6 nitrogen and oxygen atoms in total. The van der Waals surface area contributed by atoms with Crippen LogP contribution >= 0.6 is 23.4 Å². The topological polar surface area (TPSA) is 78.8 Å². The van der Waals surface area contributed by atoms with Crippen LogP contribution in [0.25, 0.3) is 0 Å². The molecule has 3 heterocycles. The molecule has 1 aromatic rings. The first-order chi connectivity index (χ1) is 11.9. The Bertz CT molecular complexity index is 850. The molecule has 2 fully saturated rings. The SMILES string of the molecule is O=C(c1ccc(Cl)c(NC2=NC3CS(=O)(=O)CC3S2)c1)N1CCCC1. The van der Waals surface area contributed by atoms with Gasteiger partial charge in [-0.3, -0.25) is 9.79 Å². The van der Waals surface area contributed by atoms with E-state index in [0.717, 1.165) is 25.9 Å². The summed E-state index contributed by atoms with van der Waals surface area (Å²) in [4.78, 5) is 18.9. The van der Waals surface area contributed by atoms with Crippen molar-refractivity contribution in [2.24, 2.45) is 4.99 Å². The lowest BCUT2D eigenvalue weighted by Gasteiger charge is -2.16. The van der Waals surface area contributed by atoms with Gasteiger partial charge in [-0.05, 0) is 31.0 Å². The predicted molar refractivity (Wildman–Crippen MR) is 101 cm³/mol. The molecule has 2 saturated heterocycles. The summed E-state index contributed by atoms with van der Waals surface area (Å²) in [6.07, 6.45) is 2.09.